The van der Waals surface area contributed by atoms with Gasteiger partial charge >= 0.3 is 0 Å². The van der Waals surface area contributed by atoms with Crippen molar-refractivity contribution >= 4 is 5.78 Å². The average molecular weight is 265 g/mol. The molecule has 0 aliphatic heterocycles. The highest BCUT2D eigenvalue weighted by Gasteiger charge is 2.30. The Labute approximate surface area is 119 Å². The van der Waals surface area contributed by atoms with Crippen LogP contribution in [0.5, 0.6) is 0 Å². The molecule has 0 spiro atoms. The molecule has 0 heterocycles. The molecule has 3 rings (SSSR count). The molecule has 2 aromatic rings. The first-order chi connectivity index (χ1) is 9.75. The first kappa shape index (κ1) is 13.1. The predicted octanol–water partition coefficient (Wildman–Crippen LogP) is 2.86. The first-order valence-corrected chi connectivity index (χ1v) is 7.17. The van der Waals surface area contributed by atoms with Crippen molar-refractivity contribution in [1.82, 2.24) is 0 Å². The quantitative estimate of drug-likeness (QED) is 0.848. The van der Waals surface area contributed by atoms with Gasteiger partial charge in [0, 0.05) is 5.92 Å². The van der Waals surface area contributed by atoms with Crippen LogP contribution in [0.3, 0.4) is 0 Å². The molecule has 102 valence electrons. The summed E-state index contributed by atoms with van der Waals surface area (Å²) in [6.45, 7) is 0. The van der Waals surface area contributed by atoms with Gasteiger partial charge in [0.15, 0.2) is 5.78 Å². The number of aryl methyl sites for hydroxylation is 1. The Morgan fingerprint density at radius 2 is 1.70 bits per heavy atom. The molecule has 0 bridgehead atoms. The van der Waals surface area contributed by atoms with E-state index in [1.165, 1.54) is 11.1 Å². The SMILES string of the molecule is N[C@H]1CCc2ccccc2[C@@H](Cc2ccccc2)C1=O. The molecular formula is C18H19NO. The third kappa shape index (κ3) is 2.52. The molecular weight excluding hydrogens is 246 g/mol. The van der Waals surface area contributed by atoms with Crippen LogP contribution in [0.15, 0.2) is 54.6 Å². The second-order valence-corrected chi connectivity index (χ2v) is 5.49. The van der Waals surface area contributed by atoms with Crippen molar-refractivity contribution in [2.75, 3.05) is 0 Å². The van der Waals surface area contributed by atoms with Gasteiger partial charge in [-0.05, 0) is 36.0 Å². The van der Waals surface area contributed by atoms with Gasteiger partial charge in [-0.2, -0.15) is 0 Å². The van der Waals surface area contributed by atoms with Crippen molar-refractivity contribution < 1.29 is 4.79 Å². The molecule has 2 N–H and O–H groups in total. The minimum Gasteiger partial charge on any atom is -0.321 e. The van der Waals surface area contributed by atoms with Crippen LogP contribution in [0.1, 0.15) is 29.0 Å². The van der Waals surface area contributed by atoms with Gasteiger partial charge in [-0.25, -0.2) is 0 Å². The van der Waals surface area contributed by atoms with E-state index in [-0.39, 0.29) is 17.7 Å². The standard InChI is InChI=1S/C18H19NO/c19-17-11-10-14-8-4-5-9-15(14)16(18(17)20)12-13-6-2-1-3-7-13/h1-9,16-17H,10-12,19H2/t16-,17+/m1/s1. The Hall–Kier alpha value is -1.93. The lowest BCUT2D eigenvalue weighted by Gasteiger charge is -2.18. The van der Waals surface area contributed by atoms with Gasteiger partial charge in [0.1, 0.15) is 0 Å². The van der Waals surface area contributed by atoms with E-state index >= 15 is 0 Å². The van der Waals surface area contributed by atoms with Crippen molar-refractivity contribution in [2.24, 2.45) is 5.73 Å². The smallest absolute Gasteiger partial charge is 0.157 e. The molecule has 20 heavy (non-hydrogen) atoms. The monoisotopic (exact) mass is 265 g/mol. The van der Waals surface area contributed by atoms with Crippen LogP contribution in [0.4, 0.5) is 0 Å². The van der Waals surface area contributed by atoms with Gasteiger partial charge in [-0.15, -0.1) is 0 Å². The molecule has 0 radical (unpaired) electrons. The summed E-state index contributed by atoms with van der Waals surface area (Å²) >= 11 is 0. The zero-order valence-electron chi connectivity index (χ0n) is 11.5. The summed E-state index contributed by atoms with van der Waals surface area (Å²) in [5.41, 5.74) is 9.68. The Kier molecular flexibility index (Phi) is 3.66. The Bertz CT molecular complexity index is 606. The van der Waals surface area contributed by atoms with Gasteiger partial charge in [0.25, 0.3) is 0 Å². The zero-order valence-corrected chi connectivity index (χ0v) is 11.5. The molecule has 2 aromatic carbocycles. The number of hydrogen-bond donors (Lipinski definition) is 1. The third-order valence-corrected chi connectivity index (χ3v) is 4.15. The van der Waals surface area contributed by atoms with Crippen LogP contribution in [-0.4, -0.2) is 11.8 Å². The van der Waals surface area contributed by atoms with E-state index < -0.39 is 0 Å². The molecule has 0 aromatic heterocycles. The maximum absolute atomic E-state index is 12.6. The average Bonchev–Trinajstić information content (AvgIpc) is 2.61. The summed E-state index contributed by atoms with van der Waals surface area (Å²) < 4.78 is 0. The van der Waals surface area contributed by atoms with E-state index in [1.807, 2.05) is 30.3 Å². The molecule has 2 nitrogen and oxygen atoms in total. The van der Waals surface area contributed by atoms with Crippen molar-refractivity contribution in [3.05, 3.63) is 71.3 Å². The highest BCUT2D eigenvalue weighted by molar-refractivity contribution is 5.91. The maximum Gasteiger partial charge on any atom is 0.157 e. The lowest BCUT2D eigenvalue weighted by molar-refractivity contribution is -0.121. The van der Waals surface area contributed by atoms with E-state index in [4.69, 9.17) is 5.73 Å². The van der Waals surface area contributed by atoms with Gasteiger partial charge in [0.2, 0.25) is 0 Å². The minimum absolute atomic E-state index is 0.105. The van der Waals surface area contributed by atoms with E-state index in [0.717, 1.165) is 24.8 Å². The van der Waals surface area contributed by atoms with Crippen molar-refractivity contribution in [3.8, 4) is 0 Å². The second kappa shape index (κ2) is 5.59. The number of fused-ring (bicyclic) bond motifs is 1. The van der Waals surface area contributed by atoms with Crippen molar-refractivity contribution in [3.63, 3.8) is 0 Å². The van der Waals surface area contributed by atoms with Crippen LogP contribution < -0.4 is 5.73 Å². The van der Waals surface area contributed by atoms with E-state index in [1.54, 1.807) is 0 Å². The number of nitrogens with two attached hydrogens (primary N) is 1. The van der Waals surface area contributed by atoms with Gasteiger partial charge in [-0.1, -0.05) is 54.6 Å². The number of carbonyl (C=O) groups is 1. The van der Waals surface area contributed by atoms with E-state index in [9.17, 15) is 4.79 Å². The highest BCUT2D eigenvalue weighted by Crippen LogP contribution is 2.30. The molecule has 1 aliphatic rings. The largest absolute Gasteiger partial charge is 0.321 e. The molecule has 0 unspecified atom stereocenters. The topological polar surface area (TPSA) is 43.1 Å². The summed E-state index contributed by atoms with van der Waals surface area (Å²) in [5.74, 6) is 0.0740. The fraction of sp³-hybridized carbons (Fsp3) is 0.278. The molecule has 2 heteroatoms. The Morgan fingerprint density at radius 3 is 2.50 bits per heavy atom. The van der Waals surface area contributed by atoms with Crippen molar-refractivity contribution in [2.45, 2.75) is 31.2 Å². The number of hydrogen-bond acceptors (Lipinski definition) is 2. The molecule has 2 atom stereocenters. The summed E-state index contributed by atoms with van der Waals surface area (Å²) in [7, 11) is 0. The number of ketones is 1. The van der Waals surface area contributed by atoms with Crippen LogP contribution >= 0.6 is 0 Å². The zero-order chi connectivity index (χ0) is 13.9. The molecule has 0 saturated heterocycles. The van der Waals surface area contributed by atoms with E-state index in [2.05, 4.69) is 24.3 Å². The molecule has 0 amide bonds. The predicted molar refractivity (Wildman–Crippen MR) is 80.6 cm³/mol. The van der Waals surface area contributed by atoms with Gasteiger partial charge in [0.05, 0.1) is 6.04 Å². The second-order valence-electron chi connectivity index (χ2n) is 5.49. The molecule has 0 fully saturated rings. The lowest BCUT2D eigenvalue weighted by atomic mass is 9.86. The van der Waals surface area contributed by atoms with Crippen LogP contribution in [-0.2, 0) is 17.6 Å². The number of rotatable bonds is 2. The number of Topliss-reactive ketones (excluding diaryl/α,β-unsaturated/α-hetero) is 1. The fourth-order valence-corrected chi connectivity index (χ4v) is 3.03. The van der Waals surface area contributed by atoms with Crippen LogP contribution in [0, 0.1) is 0 Å². The highest BCUT2D eigenvalue weighted by atomic mass is 16.1. The fourth-order valence-electron chi connectivity index (χ4n) is 3.03. The Morgan fingerprint density at radius 1 is 1.00 bits per heavy atom. The first-order valence-electron chi connectivity index (χ1n) is 7.17. The number of carbonyl (C=O) groups excluding carboxylic acids is 1. The number of benzene rings is 2. The van der Waals surface area contributed by atoms with Gasteiger partial charge < -0.3 is 5.73 Å². The normalized spacial score (nSPS) is 22.1. The van der Waals surface area contributed by atoms with Crippen LogP contribution in [0.25, 0.3) is 0 Å². The Balaban J connectivity index is 1.99. The summed E-state index contributed by atoms with van der Waals surface area (Å²) in [4.78, 5) is 12.6. The maximum atomic E-state index is 12.6. The third-order valence-electron chi connectivity index (χ3n) is 4.15. The molecule has 1 aliphatic carbocycles. The van der Waals surface area contributed by atoms with Crippen molar-refractivity contribution in [1.29, 1.82) is 0 Å². The lowest BCUT2D eigenvalue weighted by Crippen LogP contribution is -2.34. The summed E-state index contributed by atoms with van der Waals surface area (Å²) in [5, 5.41) is 0. The molecule has 0 saturated carbocycles. The minimum atomic E-state index is -0.337. The summed E-state index contributed by atoms with van der Waals surface area (Å²) in [6, 6.07) is 18.1. The summed E-state index contributed by atoms with van der Waals surface area (Å²) in [6.07, 6.45) is 2.39. The van der Waals surface area contributed by atoms with Crippen LogP contribution in [0.2, 0.25) is 0 Å². The van der Waals surface area contributed by atoms with Gasteiger partial charge in [-0.3, -0.25) is 4.79 Å². The van der Waals surface area contributed by atoms with E-state index in [0.29, 0.717) is 0 Å².